The molecule has 1 N–H and O–H groups in total. The van der Waals surface area contributed by atoms with E-state index >= 15 is 0 Å². The standard InChI is InChI=1S/C23H21BrN2O4/c1-23(2,3)30-22(29)25-17(13-10-15-8-11-16(24)12-9-15)14-26-20(27)18-6-4-5-7-19(18)21(26)28/h4-9,11-12,17H,14H2,1-3H3,(H,25,29)/t17-/m0/s1. The number of amides is 3. The average molecular weight is 469 g/mol. The van der Waals surface area contributed by atoms with E-state index in [4.69, 9.17) is 4.74 Å². The summed E-state index contributed by atoms with van der Waals surface area (Å²) in [5.74, 6) is 5.11. The van der Waals surface area contributed by atoms with Crippen molar-refractivity contribution >= 4 is 33.8 Å². The molecule has 3 rings (SSSR count). The summed E-state index contributed by atoms with van der Waals surface area (Å²) in [6.45, 7) is 5.16. The van der Waals surface area contributed by atoms with E-state index in [1.165, 1.54) is 0 Å². The topological polar surface area (TPSA) is 75.7 Å². The van der Waals surface area contributed by atoms with Gasteiger partial charge in [-0.2, -0.15) is 0 Å². The lowest BCUT2D eigenvalue weighted by molar-refractivity contribution is 0.0486. The van der Waals surface area contributed by atoms with Crippen molar-refractivity contribution in [1.82, 2.24) is 10.2 Å². The fourth-order valence-electron chi connectivity index (χ4n) is 2.87. The summed E-state index contributed by atoms with van der Waals surface area (Å²) in [7, 11) is 0. The molecule has 30 heavy (non-hydrogen) atoms. The molecule has 0 spiro atoms. The summed E-state index contributed by atoms with van der Waals surface area (Å²) >= 11 is 3.37. The first-order valence-corrected chi connectivity index (χ1v) is 10.2. The molecule has 0 bridgehead atoms. The highest BCUT2D eigenvalue weighted by Gasteiger charge is 2.36. The van der Waals surface area contributed by atoms with Crippen molar-refractivity contribution in [3.05, 3.63) is 69.7 Å². The number of halogens is 1. The van der Waals surface area contributed by atoms with Crippen molar-refractivity contribution in [2.75, 3.05) is 6.54 Å². The zero-order valence-electron chi connectivity index (χ0n) is 16.9. The van der Waals surface area contributed by atoms with E-state index in [1.807, 2.05) is 24.3 Å². The number of hydrogen-bond donors (Lipinski definition) is 1. The molecule has 0 saturated heterocycles. The number of alkyl carbamates (subject to hydrolysis) is 1. The van der Waals surface area contributed by atoms with Crippen LogP contribution in [0.1, 0.15) is 47.1 Å². The monoisotopic (exact) mass is 468 g/mol. The number of carbonyl (C=O) groups is 3. The van der Waals surface area contributed by atoms with Crippen LogP contribution in [0.25, 0.3) is 0 Å². The van der Waals surface area contributed by atoms with Gasteiger partial charge in [-0.05, 0) is 57.2 Å². The SMILES string of the molecule is CC(C)(C)OC(=O)N[C@@H](C#Cc1ccc(Br)cc1)CN1C(=O)c2ccccc2C1=O. The summed E-state index contributed by atoms with van der Waals surface area (Å²) in [5, 5.41) is 2.66. The zero-order valence-corrected chi connectivity index (χ0v) is 18.4. The molecule has 154 valence electrons. The van der Waals surface area contributed by atoms with Crippen LogP contribution in [-0.2, 0) is 4.74 Å². The Morgan fingerprint density at radius 3 is 2.17 bits per heavy atom. The summed E-state index contributed by atoms with van der Waals surface area (Å²) in [6.07, 6.45) is -0.672. The maximum absolute atomic E-state index is 12.7. The maximum Gasteiger partial charge on any atom is 0.408 e. The maximum atomic E-state index is 12.7. The molecule has 1 aliphatic heterocycles. The molecular formula is C23H21BrN2O4. The second-order valence-corrected chi connectivity index (χ2v) is 8.66. The van der Waals surface area contributed by atoms with E-state index in [9.17, 15) is 14.4 Å². The van der Waals surface area contributed by atoms with Crippen LogP contribution < -0.4 is 5.32 Å². The van der Waals surface area contributed by atoms with Crippen molar-refractivity contribution in [3.8, 4) is 11.8 Å². The molecule has 3 amide bonds. The number of imide groups is 1. The van der Waals surface area contributed by atoms with Gasteiger partial charge in [0.1, 0.15) is 11.6 Å². The van der Waals surface area contributed by atoms with E-state index in [-0.39, 0.29) is 6.54 Å². The Hall–Kier alpha value is -3.11. The number of rotatable bonds is 3. The molecule has 0 aliphatic carbocycles. The van der Waals surface area contributed by atoms with Gasteiger partial charge in [-0.15, -0.1) is 0 Å². The van der Waals surface area contributed by atoms with Crippen LogP contribution in [0.2, 0.25) is 0 Å². The van der Waals surface area contributed by atoms with Gasteiger partial charge >= 0.3 is 6.09 Å². The summed E-state index contributed by atoms with van der Waals surface area (Å²) in [4.78, 5) is 38.7. The van der Waals surface area contributed by atoms with E-state index < -0.39 is 29.6 Å². The fourth-order valence-corrected chi connectivity index (χ4v) is 3.13. The molecule has 0 unspecified atom stereocenters. The van der Waals surface area contributed by atoms with Crippen LogP contribution in [0.3, 0.4) is 0 Å². The first-order valence-electron chi connectivity index (χ1n) is 9.36. The second kappa shape index (κ2) is 8.72. The lowest BCUT2D eigenvalue weighted by atomic mass is 10.1. The van der Waals surface area contributed by atoms with Crippen LogP contribution in [0.15, 0.2) is 53.0 Å². The van der Waals surface area contributed by atoms with Crippen LogP contribution in [0.4, 0.5) is 4.79 Å². The van der Waals surface area contributed by atoms with Crippen molar-refractivity contribution in [2.24, 2.45) is 0 Å². The lowest BCUT2D eigenvalue weighted by Crippen LogP contribution is -2.46. The normalized spacial score (nSPS) is 13.9. The second-order valence-electron chi connectivity index (χ2n) is 7.74. The van der Waals surface area contributed by atoms with Crippen LogP contribution >= 0.6 is 15.9 Å². The smallest absolute Gasteiger partial charge is 0.408 e. The quantitative estimate of drug-likeness (QED) is 0.545. The third kappa shape index (κ3) is 5.28. The van der Waals surface area contributed by atoms with Gasteiger partial charge in [0.15, 0.2) is 0 Å². The Morgan fingerprint density at radius 2 is 1.63 bits per heavy atom. The highest BCUT2D eigenvalue weighted by atomic mass is 79.9. The number of nitrogens with one attached hydrogen (secondary N) is 1. The lowest BCUT2D eigenvalue weighted by Gasteiger charge is -2.23. The first-order chi connectivity index (χ1) is 14.1. The summed E-state index contributed by atoms with van der Waals surface area (Å²) in [6, 6.07) is 13.2. The number of hydrogen-bond acceptors (Lipinski definition) is 4. The van der Waals surface area contributed by atoms with Gasteiger partial charge in [-0.1, -0.05) is 39.9 Å². The fraction of sp³-hybridized carbons (Fsp3) is 0.261. The highest BCUT2D eigenvalue weighted by Crippen LogP contribution is 2.22. The van der Waals surface area contributed by atoms with Crippen molar-refractivity contribution in [3.63, 3.8) is 0 Å². The Labute approximate surface area is 183 Å². The van der Waals surface area contributed by atoms with Gasteiger partial charge in [0.2, 0.25) is 0 Å². The minimum absolute atomic E-state index is 0.0882. The Balaban J connectivity index is 1.83. The minimum atomic E-state index is -0.800. The van der Waals surface area contributed by atoms with E-state index in [1.54, 1.807) is 45.0 Å². The molecule has 0 radical (unpaired) electrons. The predicted octanol–water partition coefficient (Wildman–Crippen LogP) is 3.99. The Bertz CT molecular complexity index is 1010. The largest absolute Gasteiger partial charge is 0.444 e. The van der Waals surface area contributed by atoms with Crippen molar-refractivity contribution in [2.45, 2.75) is 32.4 Å². The minimum Gasteiger partial charge on any atom is -0.444 e. The number of ether oxygens (including phenoxy) is 1. The van der Waals surface area contributed by atoms with Crippen molar-refractivity contribution in [1.29, 1.82) is 0 Å². The Morgan fingerprint density at radius 1 is 1.07 bits per heavy atom. The number of nitrogens with zero attached hydrogens (tertiary/aromatic N) is 1. The van der Waals surface area contributed by atoms with Crippen LogP contribution in [0, 0.1) is 11.8 Å². The van der Waals surface area contributed by atoms with Crippen molar-refractivity contribution < 1.29 is 19.1 Å². The molecule has 1 aliphatic rings. The molecule has 2 aromatic rings. The zero-order chi connectivity index (χ0) is 21.9. The number of carbonyl (C=O) groups excluding carboxylic acids is 3. The number of benzene rings is 2. The molecule has 0 aromatic heterocycles. The van der Waals surface area contributed by atoms with Gasteiger partial charge in [-0.3, -0.25) is 14.5 Å². The van der Waals surface area contributed by atoms with Gasteiger partial charge < -0.3 is 10.1 Å². The molecule has 0 saturated carbocycles. The number of fused-ring (bicyclic) bond motifs is 1. The third-order valence-corrected chi connectivity index (χ3v) is 4.70. The van der Waals surface area contributed by atoms with Gasteiger partial charge in [0.25, 0.3) is 11.8 Å². The van der Waals surface area contributed by atoms with E-state index in [0.29, 0.717) is 11.1 Å². The average Bonchev–Trinajstić information content (AvgIpc) is 2.91. The predicted molar refractivity (Wildman–Crippen MR) is 116 cm³/mol. The third-order valence-electron chi connectivity index (χ3n) is 4.17. The molecule has 1 atom stereocenters. The van der Waals surface area contributed by atoms with Crippen LogP contribution in [0.5, 0.6) is 0 Å². The van der Waals surface area contributed by atoms with Gasteiger partial charge in [0, 0.05) is 10.0 Å². The molecule has 2 aromatic carbocycles. The van der Waals surface area contributed by atoms with E-state index in [0.717, 1.165) is 14.9 Å². The Kier molecular flexibility index (Phi) is 6.28. The molecule has 7 heteroatoms. The summed E-state index contributed by atoms with van der Waals surface area (Å²) in [5.41, 5.74) is 0.735. The first kappa shape index (κ1) is 21.6. The molecular weight excluding hydrogens is 448 g/mol. The van der Waals surface area contributed by atoms with Gasteiger partial charge in [0.05, 0.1) is 17.7 Å². The molecule has 0 fully saturated rings. The highest BCUT2D eigenvalue weighted by molar-refractivity contribution is 9.10. The van der Waals surface area contributed by atoms with E-state index in [2.05, 4.69) is 33.1 Å². The van der Waals surface area contributed by atoms with Crippen LogP contribution in [-0.4, -0.2) is 41.0 Å². The molecule has 6 nitrogen and oxygen atoms in total. The van der Waals surface area contributed by atoms with Gasteiger partial charge in [-0.25, -0.2) is 4.79 Å². The molecule has 1 heterocycles. The summed E-state index contributed by atoms with van der Waals surface area (Å²) < 4.78 is 6.22.